The van der Waals surface area contributed by atoms with E-state index in [1.165, 1.54) is 36.5 Å². The van der Waals surface area contributed by atoms with Gasteiger partial charge >= 0.3 is 0 Å². The summed E-state index contributed by atoms with van der Waals surface area (Å²) in [7, 11) is -1.87. The fraction of sp³-hybridized carbons (Fsp3) is 0.0500. The summed E-state index contributed by atoms with van der Waals surface area (Å²) in [5.41, 5.74) is 4.60. The van der Waals surface area contributed by atoms with Crippen LogP contribution in [0.15, 0.2) is 184 Å². The highest BCUT2D eigenvalue weighted by Gasteiger charge is 2.36. The topological polar surface area (TPSA) is 30.7 Å². The third-order valence-electron chi connectivity index (χ3n) is 8.49. The third-order valence-corrected chi connectivity index (χ3v) is 12.5. The van der Waals surface area contributed by atoms with E-state index in [0.717, 1.165) is 34.8 Å². The van der Waals surface area contributed by atoms with Crippen LogP contribution in [0.4, 0.5) is 0 Å². The van der Waals surface area contributed by atoms with Crippen molar-refractivity contribution in [3.05, 3.63) is 169 Å². The molecule has 3 nitrogen and oxygen atoms in total. The van der Waals surface area contributed by atoms with Gasteiger partial charge in [0.2, 0.25) is 0 Å². The lowest BCUT2D eigenvalue weighted by Crippen LogP contribution is -2.09. The fourth-order valence-electron chi connectivity index (χ4n) is 6.53. The minimum Gasteiger partial charge on any atom is -0.309 e. The van der Waals surface area contributed by atoms with Crippen molar-refractivity contribution in [2.75, 3.05) is 0 Å². The highest BCUT2D eigenvalue weighted by atomic mass is 32.3. The Balaban J connectivity index is 1.43. The summed E-state index contributed by atoms with van der Waals surface area (Å²) in [5, 5.41) is 2.51. The Morgan fingerprint density at radius 3 is 1.95 bits per heavy atom. The van der Waals surface area contributed by atoms with Crippen molar-refractivity contribution in [1.82, 2.24) is 14.5 Å². The lowest BCUT2D eigenvalue weighted by Gasteiger charge is -2.43. The Labute approximate surface area is 259 Å². The van der Waals surface area contributed by atoms with Gasteiger partial charge in [0.15, 0.2) is 5.82 Å². The molecule has 0 radical (unpaired) electrons. The molecule has 7 aromatic rings. The van der Waals surface area contributed by atoms with Gasteiger partial charge in [-0.2, -0.15) is 0 Å². The average Bonchev–Trinajstić information content (AvgIpc) is 3.44. The number of hydrogen-bond acceptors (Lipinski definition) is 2. The minimum absolute atomic E-state index is 0.745. The minimum atomic E-state index is -1.87. The van der Waals surface area contributed by atoms with Gasteiger partial charge in [-0.25, -0.2) is 9.97 Å². The maximum Gasteiger partial charge on any atom is 0.159 e. The summed E-state index contributed by atoms with van der Waals surface area (Å²) in [5.74, 6) is 0.745. The fourth-order valence-corrected chi connectivity index (χ4v) is 10.5. The molecule has 2 heterocycles. The standard InChI is InChI=1S/C40H31N3S/c1-5-15-30(16-6-1)40-41-28-35(29-42-40)44(32-19-9-3-10-20-32,33-21-11-4-12-22-33)34-25-26-39-37(27-34)36-23-13-14-24-38(36)43(39)31-17-7-2-8-18-31/h1-11,13-21,23-29H,12,22H2. The van der Waals surface area contributed by atoms with Gasteiger partial charge in [-0.15, -0.1) is 10.0 Å². The van der Waals surface area contributed by atoms with E-state index in [0.29, 0.717) is 0 Å². The van der Waals surface area contributed by atoms with Crippen molar-refractivity contribution < 1.29 is 0 Å². The van der Waals surface area contributed by atoms with Crippen molar-refractivity contribution in [2.24, 2.45) is 0 Å². The van der Waals surface area contributed by atoms with E-state index in [4.69, 9.17) is 9.97 Å². The first-order valence-electron chi connectivity index (χ1n) is 15.0. The van der Waals surface area contributed by atoms with Crippen molar-refractivity contribution in [2.45, 2.75) is 27.5 Å². The van der Waals surface area contributed by atoms with Crippen LogP contribution in [0.3, 0.4) is 0 Å². The molecule has 1 unspecified atom stereocenters. The van der Waals surface area contributed by atoms with Crippen LogP contribution in [0.5, 0.6) is 0 Å². The molecule has 0 bridgehead atoms. The first-order valence-corrected chi connectivity index (χ1v) is 16.7. The van der Waals surface area contributed by atoms with E-state index < -0.39 is 10.0 Å². The van der Waals surface area contributed by atoms with Gasteiger partial charge in [0.1, 0.15) is 0 Å². The van der Waals surface area contributed by atoms with E-state index in [9.17, 15) is 0 Å². The molecule has 0 spiro atoms. The first kappa shape index (κ1) is 26.4. The molecule has 0 N–H and O–H groups in total. The number of hydrogen-bond donors (Lipinski definition) is 0. The Morgan fingerprint density at radius 2 is 1.23 bits per heavy atom. The van der Waals surface area contributed by atoms with Crippen molar-refractivity contribution in [3.8, 4) is 17.1 Å². The summed E-state index contributed by atoms with van der Waals surface area (Å²) in [6.45, 7) is 0. The van der Waals surface area contributed by atoms with Gasteiger partial charge in [0.25, 0.3) is 0 Å². The van der Waals surface area contributed by atoms with Gasteiger partial charge in [-0.3, -0.25) is 0 Å². The molecular weight excluding hydrogens is 555 g/mol. The summed E-state index contributed by atoms with van der Waals surface area (Å²) in [6, 6.07) is 47.8. The first-order chi connectivity index (χ1) is 21.8. The monoisotopic (exact) mass is 585 g/mol. The molecule has 5 aromatic carbocycles. The van der Waals surface area contributed by atoms with Crippen LogP contribution < -0.4 is 0 Å². The van der Waals surface area contributed by atoms with Crippen LogP contribution in [0.2, 0.25) is 0 Å². The average molecular weight is 586 g/mol. The van der Waals surface area contributed by atoms with Crippen molar-refractivity contribution in [1.29, 1.82) is 0 Å². The van der Waals surface area contributed by atoms with Gasteiger partial charge in [-0.1, -0.05) is 103 Å². The number of fused-ring (bicyclic) bond motifs is 3. The second kappa shape index (κ2) is 11.1. The van der Waals surface area contributed by atoms with Crippen LogP contribution >= 0.6 is 10.0 Å². The van der Waals surface area contributed by atoms with E-state index in [-0.39, 0.29) is 0 Å². The molecular formula is C40H31N3S. The Hall–Kier alpha value is -5.19. The smallest absolute Gasteiger partial charge is 0.159 e. The quantitative estimate of drug-likeness (QED) is 0.194. The van der Waals surface area contributed by atoms with E-state index in [1.54, 1.807) is 0 Å². The molecule has 0 amide bonds. The van der Waals surface area contributed by atoms with E-state index in [1.807, 2.05) is 18.2 Å². The molecule has 0 saturated heterocycles. The molecule has 2 aromatic heterocycles. The predicted molar refractivity (Wildman–Crippen MR) is 184 cm³/mol. The Morgan fingerprint density at radius 1 is 0.568 bits per heavy atom. The normalized spacial score (nSPS) is 15.1. The number of allylic oxidation sites excluding steroid dienone is 4. The van der Waals surface area contributed by atoms with Crippen molar-refractivity contribution in [3.63, 3.8) is 0 Å². The molecule has 8 rings (SSSR count). The molecule has 0 fully saturated rings. The summed E-state index contributed by atoms with van der Waals surface area (Å²) in [4.78, 5) is 15.1. The number of aromatic nitrogens is 3. The zero-order valence-corrected chi connectivity index (χ0v) is 25.1. The molecule has 0 saturated carbocycles. The number of benzene rings is 5. The van der Waals surface area contributed by atoms with E-state index >= 15 is 0 Å². The molecule has 44 heavy (non-hydrogen) atoms. The van der Waals surface area contributed by atoms with E-state index in [2.05, 4.69) is 150 Å². The molecule has 1 atom stereocenters. The number of para-hydroxylation sites is 2. The van der Waals surface area contributed by atoms with Gasteiger partial charge in [-0.05, 0) is 66.3 Å². The van der Waals surface area contributed by atoms with Crippen LogP contribution in [-0.2, 0) is 0 Å². The van der Waals surface area contributed by atoms with Crippen LogP contribution in [0, 0.1) is 0 Å². The molecule has 1 aliphatic rings. The zero-order chi connectivity index (χ0) is 29.3. The lowest BCUT2D eigenvalue weighted by atomic mass is 10.1. The second-order valence-electron chi connectivity index (χ2n) is 11.0. The lowest BCUT2D eigenvalue weighted by molar-refractivity contribution is 1.00. The molecule has 1 aliphatic carbocycles. The van der Waals surface area contributed by atoms with Crippen molar-refractivity contribution >= 4 is 31.8 Å². The largest absolute Gasteiger partial charge is 0.309 e. The summed E-state index contributed by atoms with van der Waals surface area (Å²) in [6.07, 6.45) is 13.0. The van der Waals surface area contributed by atoms with Gasteiger partial charge in [0, 0.05) is 49.1 Å². The Bertz CT molecular complexity index is 2150. The molecule has 4 heteroatoms. The second-order valence-corrected chi connectivity index (χ2v) is 14.2. The third kappa shape index (κ3) is 4.30. The summed E-state index contributed by atoms with van der Waals surface area (Å²) >= 11 is 0. The highest BCUT2D eigenvalue weighted by Crippen LogP contribution is 2.74. The highest BCUT2D eigenvalue weighted by molar-refractivity contribution is 8.37. The van der Waals surface area contributed by atoms with Crippen LogP contribution in [-0.4, -0.2) is 14.5 Å². The zero-order valence-electron chi connectivity index (χ0n) is 24.3. The SMILES string of the molecule is C1=CCCC(S(c2ccccc2)(c2cnc(-c3ccccc3)nc2)c2ccc3c(c2)c2ccccc2n3-c2ccccc2)=C1. The van der Waals surface area contributed by atoms with Gasteiger partial charge in [0.05, 0.1) is 11.0 Å². The maximum atomic E-state index is 4.98. The maximum absolute atomic E-state index is 4.98. The molecule has 0 aliphatic heterocycles. The number of nitrogens with zero attached hydrogens (tertiary/aromatic N) is 3. The molecule has 212 valence electrons. The summed E-state index contributed by atoms with van der Waals surface area (Å²) < 4.78 is 2.38. The van der Waals surface area contributed by atoms with Crippen LogP contribution in [0.25, 0.3) is 38.9 Å². The van der Waals surface area contributed by atoms with Gasteiger partial charge < -0.3 is 4.57 Å². The van der Waals surface area contributed by atoms with Crippen LogP contribution in [0.1, 0.15) is 12.8 Å². The predicted octanol–water partition coefficient (Wildman–Crippen LogP) is 10.8. The Kier molecular flexibility index (Phi) is 6.69. The number of rotatable bonds is 6.